The van der Waals surface area contributed by atoms with Gasteiger partial charge in [-0.1, -0.05) is 86.1 Å². The van der Waals surface area contributed by atoms with Crippen molar-refractivity contribution in [1.29, 1.82) is 5.26 Å². The number of nitriles is 1. The lowest BCUT2D eigenvalue weighted by Crippen LogP contribution is -2.20. The molecule has 0 saturated heterocycles. The molecule has 0 bridgehead atoms. The van der Waals surface area contributed by atoms with E-state index in [1.54, 1.807) is 30.0 Å². The summed E-state index contributed by atoms with van der Waals surface area (Å²) in [5.41, 5.74) is 2.57. The van der Waals surface area contributed by atoms with Gasteiger partial charge in [-0.3, -0.25) is 0 Å². The van der Waals surface area contributed by atoms with E-state index in [0.29, 0.717) is 22.8 Å². The molecule has 1 aliphatic heterocycles. The van der Waals surface area contributed by atoms with Crippen LogP contribution in [0.3, 0.4) is 0 Å². The van der Waals surface area contributed by atoms with Crippen LogP contribution in [0.15, 0.2) is 47.3 Å². The summed E-state index contributed by atoms with van der Waals surface area (Å²) >= 11 is 1.62. The molecule has 0 aliphatic carbocycles. The number of aldehydes is 1. The summed E-state index contributed by atoms with van der Waals surface area (Å²) < 4.78 is 18.8. The van der Waals surface area contributed by atoms with Crippen LogP contribution in [0.5, 0.6) is 5.75 Å². The molecule has 0 saturated carbocycles. The summed E-state index contributed by atoms with van der Waals surface area (Å²) in [6, 6.07) is 6.22. The maximum atomic E-state index is 13.6. The highest BCUT2D eigenvalue weighted by Gasteiger charge is 2.28. The molecule has 37 heavy (non-hydrogen) atoms. The average Bonchev–Trinajstić information content (AvgIpc) is 2.85. The molecule has 3 atom stereocenters. The minimum absolute atomic E-state index is 0.0483. The van der Waals surface area contributed by atoms with Crippen molar-refractivity contribution < 1.29 is 13.9 Å². The monoisotopic (exact) mass is 527 g/mol. The van der Waals surface area contributed by atoms with E-state index >= 15 is 0 Å². The zero-order valence-corrected chi connectivity index (χ0v) is 24.9. The van der Waals surface area contributed by atoms with Crippen molar-refractivity contribution >= 4 is 23.0 Å². The van der Waals surface area contributed by atoms with Crippen LogP contribution in [0.4, 0.5) is 4.39 Å². The van der Waals surface area contributed by atoms with Crippen molar-refractivity contribution in [2.24, 2.45) is 23.2 Å². The van der Waals surface area contributed by atoms with Crippen molar-refractivity contribution in [3.8, 4) is 11.8 Å². The second-order valence-corrected chi connectivity index (χ2v) is 11.7. The van der Waals surface area contributed by atoms with Crippen molar-refractivity contribution in [1.82, 2.24) is 0 Å². The van der Waals surface area contributed by atoms with Gasteiger partial charge in [0, 0.05) is 16.4 Å². The van der Waals surface area contributed by atoms with Gasteiger partial charge < -0.3 is 9.53 Å². The third-order valence-electron chi connectivity index (χ3n) is 6.82. The fourth-order valence-electron chi connectivity index (χ4n) is 4.85. The number of unbranched alkanes of at least 4 members (excludes halogenated alkanes) is 1. The fraction of sp³-hybridized carbons (Fsp3) is 0.562. The zero-order valence-electron chi connectivity index (χ0n) is 24.1. The van der Waals surface area contributed by atoms with Gasteiger partial charge in [0.1, 0.15) is 12.0 Å². The number of carbonyl (C=O) groups excluding carboxylic acids is 1. The number of hydrogen-bond acceptors (Lipinski definition) is 4. The number of ether oxygens (including phenoxy) is 1. The molecule has 1 aliphatic rings. The van der Waals surface area contributed by atoms with Crippen molar-refractivity contribution in [3.63, 3.8) is 0 Å². The molecule has 0 spiro atoms. The first-order chi connectivity index (χ1) is 17.5. The van der Waals surface area contributed by atoms with E-state index in [9.17, 15) is 14.4 Å². The van der Waals surface area contributed by atoms with E-state index in [2.05, 4.69) is 53.3 Å². The smallest absolute Gasteiger partial charge is 0.270 e. The third kappa shape index (κ3) is 9.82. The number of allylic oxidation sites excluding steroid dienone is 3. The highest BCUT2D eigenvalue weighted by Crippen LogP contribution is 2.49. The molecule has 0 N–H and O–H groups in total. The first-order valence-corrected chi connectivity index (χ1v) is 14.5. The Hall–Kier alpha value is -2.32. The number of rotatable bonds is 12. The Balaban J connectivity index is 0.00000334. The third-order valence-corrected chi connectivity index (χ3v) is 8.09. The predicted molar refractivity (Wildman–Crippen MR) is 157 cm³/mol. The van der Waals surface area contributed by atoms with E-state index < -0.39 is 6.01 Å². The van der Waals surface area contributed by atoms with Crippen LogP contribution in [0, 0.1) is 34.5 Å². The lowest BCUT2D eigenvalue weighted by Gasteiger charge is -2.32. The Morgan fingerprint density at radius 1 is 1.27 bits per heavy atom. The van der Waals surface area contributed by atoms with E-state index in [1.165, 1.54) is 24.2 Å². The summed E-state index contributed by atoms with van der Waals surface area (Å²) in [7, 11) is 0. The quantitative estimate of drug-likeness (QED) is 0.200. The Morgan fingerprint density at radius 3 is 2.46 bits per heavy atom. The predicted octanol–water partition coefficient (Wildman–Crippen LogP) is 10.2. The van der Waals surface area contributed by atoms with Gasteiger partial charge in [0.05, 0.1) is 11.6 Å². The minimum atomic E-state index is -0.892. The van der Waals surface area contributed by atoms with E-state index in [1.807, 2.05) is 20.8 Å². The van der Waals surface area contributed by atoms with Gasteiger partial charge in [-0.25, -0.2) is 0 Å². The summed E-state index contributed by atoms with van der Waals surface area (Å²) in [5, 5.41) is 9.42. The van der Waals surface area contributed by atoms with Gasteiger partial charge in [0.2, 0.25) is 0 Å². The normalized spacial score (nSPS) is 17.1. The van der Waals surface area contributed by atoms with Crippen LogP contribution in [-0.2, 0) is 4.79 Å². The lowest BCUT2D eigenvalue weighted by molar-refractivity contribution is -0.109. The SMILES string of the molecule is C=C(F)Oc1ccc(C#N)cc1C1=CC(C)C(C(C)C=O)=C(CCCC(CCCC)C(C)(C)C)S1.CC. The zero-order chi connectivity index (χ0) is 28.2. The van der Waals surface area contributed by atoms with Gasteiger partial charge in [-0.2, -0.15) is 9.65 Å². The largest absolute Gasteiger partial charge is 0.431 e. The van der Waals surface area contributed by atoms with Crippen molar-refractivity contribution in [2.45, 2.75) is 93.9 Å². The highest BCUT2D eigenvalue weighted by molar-refractivity contribution is 8.11. The molecular weight excluding hydrogens is 481 g/mol. The lowest BCUT2D eigenvalue weighted by atomic mass is 9.75. The molecule has 1 aromatic rings. The molecule has 3 nitrogen and oxygen atoms in total. The van der Waals surface area contributed by atoms with Gasteiger partial charge in [-0.05, 0) is 78.2 Å². The fourth-order valence-corrected chi connectivity index (χ4v) is 6.39. The molecule has 1 aromatic carbocycles. The molecule has 0 fully saturated rings. The Labute approximate surface area is 229 Å². The topological polar surface area (TPSA) is 50.1 Å². The van der Waals surface area contributed by atoms with Crippen LogP contribution in [0.25, 0.3) is 4.91 Å². The van der Waals surface area contributed by atoms with Gasteiger partial charge in [0.15, 0.2) is 0 Å². The summed E-state index contributed by atoms with van der Waals surface area (Å²) in [6.07, 6.45) is 9.87. The van der Waals surface area contributed by atoms with Crippen LogP contribution in [0.1, 0.15) is 105 Å². The molecule has 0 amide bonds. The highest BCUT2D eigenvalue weighted by atomic mass is 32.2. The molecule has 3 unspecified atom stereocenters. The number of carbonyl (C=O) groups is 1. The number of benzene rings is 1. The van der Waals surface area contributed by atoms with Crippen LogP contribution >= 0.6 is 11.8 Å². The van der Waals surface area contributed by atoms with Gasteiger partial charge in [-0.15, -0.1) is 0 Å². The number of hydrogen-bond donors (Lipinski definition) is 0. The minimum Gasteiger partial charge on any atom is -0.431 e. The van der Waals surface area contributed by atoms with E-state index in [4.69, 9.17) is 4.74 Å². The summed E-state index contributed by atoms with van der Waals surface area (Å²) in [5.74, 6) is 0.864. The maximum absolute atomic E-state index is 13.6. The molecule has 1 heterocycles. The number of halogens is 1. The molecule has 5 heteroatoms. The van der Waals surface area contributed by atoms with Crippen molar-refractivity contribution in [2.75, 3.05) is 0 Å². The second kappa shape index (κ2) is 15.8. The van der Waals surface area contributed by atoms with Crippen molar-refractivity contribution in [3.05, 3.63) is 58.5 Å². The molecular formula is C32H46FNO2S. The number of thioether (sulfide) groups is 1. The Morgan fingerprint density at radius 2 is 1.92 bits per heavy atom. The number of nitrogens with zero attached hydrogens (tertiary/aromatic N) is 1. The molecule has 2 rings (SSSR count). The first kappa shape index (κ1) is 32.7. The van der Waals surface area contributed by atoms with Crippen LogP contribution < -0.4 is 4.74 Å². The van der Waals surface area contributed by atoms with Gasteiger partial charge in [0.25, 0.3) is 6.01 Å². The van der Waals surface area contributed by atoms with Crippen LogP contribution in [-0.4, -0.2) is 6.29 Å². The van der Waals surface area contributed by atoms with Crippen LogP contribution in [0.2, 0.25) is 0 Å². The van der Waals surface area contributed by atoms with Gasteiger partial charge >= 0.3 is 0 Å². The molecule has 0 aromatic heterocycles. The summed E-state index contributed by atoms with van der Waals surface area (Å²) in [4.78, 5) is 13.9. The summed E-state index contributed by atoms with van der Waals surface area (Å²) in [6.45, 7) is 20.5. The Kier molecular flexibility index (Phi) is 14.0. The second-order valence-electron chi connectivity index (χ2n) is 10.6. The molecule has 204 valence electrons. The van der Waals surface area contributed by atoms with E-state index in [-0.39, 0.29) is 17.3 Å². The first-order valence-electron chi connectivity index (χ1n) is 13.7. The maximum Gasteiger partial charge on any atom is 0.270 e. The Bertz CT molecular complexity index is 1010. The standard InChI is InChI=1S/C30H40FNO2S.C2H6/c1-8-9-11-24(30(5,6)7)12-10-13-27-29(21(3)19-33)20(2)16-28(35-27)25-17-23(18-32)14-15-26(25)34-22(4)31;1-2/h14-17,19-21,24H,4,8-13H2,1-3,5-7H3;1-2H3. The molecule has 0 radical (unpaired) electrons. The van der Waals surface area contributed by atoms with E-state index in [0.717, 1.165) is 36.0 Å². The average molecular weight is 528 g/mol.